The van der Waals surface area contributed by atoms with Crippen molar-refractivity contribution in [1.29, 1.82) is 0 Å². The first-order valence-corrected chi connectivity index (χ1v) is 9.92. The minimum atomic E-state index is 0.0850. The molecule has 1 N–H and O–H groups in total. The highest BCUT2D eigenvalue weighted by molar-refractivity contribution is 7.99. The molecule has 0 saturated carbocycles. The second-order valence-corrected chi connectivity index (χ2v) is 7.55. The van der Waals surface area contributed by atoms with E-state index in [0.29, 0.717) is 12.3 Å². The van der Waals surface area contributed by atoms with E-state index < -0.39 is 0 Å². The van der Waals surface area contributed by atoms with Gasteiger partial charge in [-0.1, -0.05) is 11.8 Å². The first-order chi connectivity index (χ1) is 13.5. The van der Waals surface area contributed by atoms with E-state index in [1.807, 2.05) is 50.2 Å². The SMILES string of the molecule is COc1ccc2nc(SCC(=O)c3cc(C)n(Cc4ccco4)c3C)[nH]c2c1. The summed E-state index contributed by atoms with van der Waals surface area (Å²) in [6, 6.07) is 11.4. The van der Waals surface area contributed by atoms with E-state index in [0.717, 1.165) is 44.7 Å². The predicted octanol–water partition coefficient (Wildman–Crippen LogP) is 4.61. The number of benzene rings is 1. The minimum Gasteiger partial charge on any atom is -0.497 e. The molecule has 0 unspecified atom stereocenters. The van der Waals surface area contributed by atoms with Gasteiger partial charge in [0.15, 0.2) is 10.9 Å². The van der Waals surface area contributed by atoms with Crippen molar-refractivity contribution >= 4 is 28.6 Å². The standard InChI is InChI=1S/C21H21N3O3S/c1-13-9-17(14(2)24(13)11-16-5-4-8-27-16)20(25)12-28-21-22-18-7-6-15(26-3)10-19(18)23-21/h4-10H,11-12H2,1-3H3,(H,22,23). The molecule has 7 heteroatoms. The highest BCUT2D eigenvalue weighted by atomic mass is 32.2. The van der Waals surface area contributed by atoms with Crippen LogP contribution in [0.5, 0.6) is 5.75 Å². The zero-order chi connectivity index (χ0) is 19.7. The number of ketones is 1. The van der Waals surface area contributed by atoms with Crippen molar-refractivity contribution in [2.24, 2.45) is 0 Å². The molecule has 0 saturated heterocycles. The molecule has 4 aromatic rings. The van der Waals surface area contributed by atoms with E-state index in [2.05, 4.69) is 14.5 Å². The topological polar surface area (TPSA) is 73.0 Å². The normalized spacial score (nSPS) is 11.2. The zero-order valence-electron chi connectivity index (χ0n) is 16.0. The molecule has 0 amide bonds. The van der Waals surface area contributed by atoms with Crippen LogP contribution in [0.15, 0.2) is 52.2 Å². The molecular formula is C21H21N3O3S. The third-order valence-corrected chi connectivity index (χ3v) is 5.65. The van der Waals surface area contributed by atoms with Crippen molar-refractivity contribution in [2.45, 2.75) is 25.5 Å². The van der Waals surface area contributed by atoms with Crippen LogP contribution in [0, 0.1) is 13.8 Å². The summed E-state index contributed by atoms with van der Waals surface area (Å²) in [6.07, 6.45) is 1.66. The minimum absolute atomic E-state index is 0.0850. The van der Waals surface area contributed by atoms with E-state index in [1.165, 1.54) is 11.8 Å². The molecule has 3 aromatic heterocycles. The van der Waals surface area contributed by atoms with Gasteiger partial charge < -0.3 is 18.7 Å². The van der Waals surface area contributed by atoms with Crippen molar-refractivity contribution in [3.8, 4) is 5.75 Å². The van der Waals surface area contributed by atoms with Gasteiger partial charge in [-0.25, -0.2) is 4.98 Å². The second-order valence-electron chi connectivity index (χ2n) is 6.59. The van der Waals surface area contributed by atoms with Crippen LogP contribution in [-0.2, 0) is 6.54 Å². The molecule has 0 radical (unpaired) electrons. The Morgan fingerprint density at radius 3 is 2.89 bits per heavy atom. The summed E-state index contributed by atoms with van der Waals surface area (Å²) in [4.78, 5) is 20.6. The predicted molar refractivity (Wildman–Crippen MR) is 109 cm³/mol. The fourth-order valence-corrected chi connectivity index (χ4v) is 4.03. The maximum atomic E-state index is 12.8. The number of H-pyrrole nitrogens is 1. The van der Waals surface area contributed by atoms with Crippen LogP contribution in [0.25, 0.3) is 11.0 Å². The summed E-state index contributed by atoms with van der Waals surface area (Å²) in [5, 5.41) is 0.723. The Morgan fingerprint density at radius 2 is 2.14 bits per heavy atom. The largest absolute Gasteiger partial charge is 0.497 e. The third-order valence-electron chi connectivity index (χ3n) is 4.78. The molecule has 0 aliphatic heterocycles. The van der Waals surface area contributed by atoms with Crippen LogP contribution in [0.2, 0.25) is 0 Å². The average Bonchev–Trinajstić information content (AvgIpc) is 3.41. The molecule has 0 bridgehead atoms. The van der Waals surface area contributed by atoms with Gasteiger partial charge in [0.25, 0.3) is 0 Å². The van der Waals surface area contributed by atoms with Crippen molar-refractivity contribution in [1.82, 2.24) is 14.5 Å². The lowest BCUT2D eigenvalue weighted by molar-refractivity contribution is 0.102. The van der Waals surface area contributed by atoms with Crippen molar-refractivity contribution in [3.05, 3.63) is 65.4 Å². The fourth-order valence-electron chi connectivity index (χ4n) is 3.26. The van der Waals surface area contributed by atoms with Crippen LogP contribution in [-0.4, -0.2) is 33.2 Å². The summed E-state index contributed by atoms with van der Waals surface area (Å²) >= 11 is 1.41. The Morgan fingerprint density at radius 1 is 1.29 bits per heavy atom. The lowest BCUT2D eigenvalue weighted by Crippen LogP contribution is -2.07. The highest BCUT2D eigenvalue weighted by Crippen LogP contribution is 2.25. The molecule has 6 nitrogen and oxygen atoms in total. The van der Waals surface area contributed by atoms with E-state index in [9.17, 15) is 4.79 Å². The Balaban J connectivity index is 1.48. The molecular weight excluding hydrogens is 374 g/mol. The summed E-state index contributed by atoms with van der Waals surface area (Å²) in [7, 11) is 1.63. The lowest BCUT2D eigenvalue weighted by Gasteiger charge is -2.07. The Bertz CT molecular complexity index is 1130. The third kappa shape index (κ3) is 3.57. The molecule has 1 aromatic carbocycles. The zero-order valence-corrected chi connectivity index (χ0v) is 16.8. The number of thioether (sulfide) groups is 1. The number of carbonyl (C=O) groups excluding carboxylic acids is 1. The number of carbonyl (C=O) groups is 1. The van der Waals surface area contributed by atoms with Gasteiger partial charge in [-0.3, -0.25) is 4.79 Å². The van der Waals surface area contributed by atoms with E-state index in [1.54, 1.807) is 13.4 Å². The van der Waals surface area contributed by atoms with Gasteiger partial charge in [0.1, 0.15) is 11.5 Å². The van der Waals surface area contributed by atoms with Crippen molar-refractivity contribution in [2.75, 3.05) is 12.9 Å². The second kappa shape index (κ2) is 7.59. The monoisotopic (exact) mass is 395 g/mol. The van der Waals surface area contributed by atoms with Gasteiger partial charge in [-0.15, -0.1) is 0 Å². The van der Waals surface area contributed by atoms with Gasteiger partial charge in [0.05, 0.1) is 36.7 Å². The molecule has 0 aliphatic rings. The number of hydrogen-bond acceptors (Lipinski definition) is 5. The number of Topliss-reactive ketones (excluding diaryl/α,β-unsaturated/α-hetero) is 1. The number of aryl methyl sites for hydroxylation is 1. The molecule has 28 heavy (non-hydrogen) atoms. The van der Waals surface area contributed by atoms with Gasteiger partial charge in [-0.2, -0.15) is 0 Å². The van der Waals surface area contributed by atoms with Crippen LogP contribution in [0.3, 0.4) is 0 Å². The highest BCUT2D eigenvalue weighted by Gasteiger charge is 2.17. The van der Waals surface area contributed by atoms with Crippen molar-refractivity contribution in [3.63, 3.8) is 0 Å². The van der Waals surface area contributed by atoms with Crippen LogP contribution >= 0.6 is 11.8 Å². The fraction of sp³-hybridized carbons (Fsp3) is 0.238. The molecule has 0 atom stereocenters. The lowest BCUT2D eigenvalue weighted by atomic mass is 10.2. The van der Waals surface area contributed by atoms with E-state index in [4.69, 9.17) is 9.15 Å². The summed E-state index contributed by atoms with van der Waals surface area (Å²) in [6.45, 7) is 4.60. The molecule has 0 aliphatic carbocycles. The van der Waals surface area contributed by atoms with Crippen LogP contribution in [0.4, 0.5) is 0 Å². The summed E-state index contributed by atoms with van der Waals surface area (Å²) in [5.74, 6) is 2.05. The molecule has 3 heterocycles. The number of nitrogens with zero attached hydrogens (tertiary/aromatic N) is 2. The molecule has 0 fully saturated rings. The Hall–Kier alpha value is -2.93. The summed E-state index contributed by atoms with van der Waals surface area (Å²) in [5.41, 5.74) is 4.49. The van der Waals surface area contributed by atoms with Crippen molar-refractivity contribution < 1.29 is 13.9 Å². The molecule has 144 valence electrons. The van der Waals surface area contributed by atoms with Crippen LogP contribution in [0.1, 0.15) is 27.5 Å². The van der Waals surface area contributed by atoms with E-state index in [-0.39, 0.29) is 5.78 Å². The smallest absolute Gasteiger partial charge is 0.175 e. The summed E-state index contributed by atoms with van der Waals surface area (Å²) < 4.78 is 12.8. The molecule has 0 spiro atoms. The van der Waals surface area contributed by atoms with Gasteiger partial charge >= 0.3 is 0 Å². The number of ether oxygens (including phenoxy) is 1. The maximum absolute atomic E-state index is 12.8. The Labute approximate surface area is 166 Å². The first-order valence-electron chi connectivity index (χ1n) is 8.94. The molecule has 4 rings (SSSR count). The number of fused-ring (bicyclic) bond motifs is 1. The quantitative estimate of drug-likeness (QED) is 0.365. The van der Waals surface area contributed by atoms with Gasteiger partial charge in [0, 0.05) is 23.0 Å². The van der Waals surface area contributed by atoms with Crippen LogP contribution < -0.4 is 4.74 Å². The number of aromatic amines is 1. The number of rotatable bonds is 7. The van der Waals surface area contributed by atoms with Gasteiger partial charge in [-0.05, 0) is 44.2 Å². The maximum Gasteiger partial charge on any atom is 0.175 e. The number of methoxy groups -OCH3 is 1. The average molecular weight is 395 g/mol. The number of furan rings is 1. The van der Waals surface area contributed by atoms with Gasteiger partial charge in [0.2, 0.25) is 0 Å². The number of imidazole rings is 1. The number of hydrogen-bond donors (Lipinski definition) is 1. The first kappa shape index (κ1) is 18.4. The number of aromatic nitrogens is 3. The number of nitrogens with one attached hydrogen (secondary N) is 1. The Kier molecular flexibility index (Phi) is 5.00. The van der Waals surface area contributed by atoms with E-state index >= 15 is 0 Å².